The highest BCUT2D eigenvalue weighted by Crippen LogP contribution is 2.28. The van der Waals surface area contributed by atoms with Crippen molar-refractivity contribution in [1.82, 2.24) is 10.2 Å². The van der Waals surface area contributed by atoms with Gasteiger partial charge in [-0.2, -0.15) is 0 Å². The lowest BCUT2D eigenvalue weighted by Gasteiger charge is -2.31. The zero-order valence-corrected chi connectivity index (χ0v) is 15.0. The van der Waals surface area contributed by atoms with Crippen molar-refractivity contribution in [2.75, 3.05) is 39.5 Å². The van der Waals surface area contributed by atoms with Crippen LogP contribution in [0.25, 0.3) is 0 Å². The third kappa shape index (κ3) is 5.35. The van der Waals surface area contributed by atoms with Crippen molar-refractivity contribution in [2.24, 2.45) is 0 Å². The van der Waals surface area contributed by atoms with Crippen molar-refractivity contribution >= 4 is 11.8 Å². The molecule has 0 aromatic heterocycles. The Morgan fingerprint density at radius 3 is 2.64 bits per heavy atom. The molecule has 138 valence electrons. The van der Waals surface area contributed by atoms with Gasteiger partial charge in [0.1, 0.15) is 0 Å². The molecule has 7 nitrogen and oxygen atoms in total. The molecular formula is C18H26N2O5. The molecule has 1 atom stereocenters. The molecule has 1 N–H and O–H groups in total. The fourth-order valence-corrected chi connectivity index (χ4v) is 2.61. The van der Waals surface area contributed by atoms with Crippen molar-refractivity contribution in [1.29, 1.82) is 0 Å². The van der Waals surface area contributed by atoms with E-state index in [9.17, 15) is 9.59 Å². The summed E-state index contributed by atoms with van der Waals surface area (Å²) in [6, 6.07) is 4.99. The van der Waals surface area contributed by atoms with E-state index in [4.69, 9.17) is 14.2 Å². The van der Waals surface area contributed by atoms with E-state index in [1.807, 2.05) is 20.8 Å². The van der Waals surface area contributed by atoms with E-state index in [0.717, 1.165) is 0 Å². The Bertz CT molecular complexity index is 605. The lowest BCUT2D eigenvalue weighted by Crippen LogP contribution is -2.48. The van der Waals surface area contributed by atoms with Crippen LogP contribution in [0.15, 0.2) is 18.2 Å². The highest BCUT2D eigenvalue weighted by atomic mass is 16.5. The molecule has 1 aromatic carbocycles. The molecule has 7 heteroatoms. The van der Waals surface area contributed by atoms with Gasteiger partial charge in [0.2, 0.25) is 5.91 Å². The third-order valence-electron chi connectivity index (χ3n) is 3.80. The second-order valence-corrected chi connectivity index (χ2v) is 5.73. The number of carbonyl (C=O) groups excluding carboxylic acids is 2. The maximum atomic E-state index is 12.3. The minimum Gasteiger partial charge on any atom is -0.490 e. The van der Waals surface area contributed by atoms with Crippen LogP contribution in [0.3, 0.4) is 0 Å². The summed E-state index contributed by atoms with van der Waals surface area (Å²) in [4.78, 5) is 26.2. The summed E-state index contributed by atoms with van der Waals surface area (Å²) in [5, 5.41) is 2.66. The predicted octanol–water partition coefficient (Wildman–Crippen LogP) is 1.46. The summed E-state index contributed by atoms with van der Waals surface area (Å²) < 4.78 is 16.4. The van der Waals surface area contributed by atoms with Crippen LogP contribution in [0.4, 0.5) is 0 Å². The minimum absolute atomic E-state index is 0.0215. The Morgan fingerprint density at radius 1 is 1.24 bits per heavy atom. The summed E-state index contributed by atoms with van der Waals surface area (Å²) in [5.41, 5.74) is 0.426. The van der Waals surface area contributed by atoms with Crippen LogP contribution in [0.2, 0.25) is 0 Å². The van der Waals surface area contributed by atoms with Gasteiger partial charge in [0, 0.05) is 18.7 Å². The number of nitrogens with one attached hydrogen (secondary N) is 1. The largest absolute Gasteiger partial charge is 0.490 e. The molecule has 0 bridgehead atoms. The Hall–Kier alpha value is -2.28. The van der Waals surface area contributed by atoms with E-state index in [1.165, 1.54) is 0 Å². The number of benzene rings is 1. The maximum Gasteiger partial charge on any atom is 0.251 e. The lowest BCUT2D eigenvalue weighted by molar-refractivity contribution is -0.137. The number of rotatable bonds is 7. The number of hydrogen-bond acceptors (Lipinski definition) is 5. The lowest BCUT2D eigenvalue weighted by atomic mass is 10.2. The van der Waals surface area contributed by atoms with Gasteiger partial charge < -0.3 is 24.4 Å². The third-order valence-corrected chi connectivity index (χ3v) is 3.80. The molecule has 0 spiro atoms. The Labute approximate surface area is 148 Å². The van der Waals surface area contributed by atoms with Crippen LogP contribution in [0.5, 0.6) is 11.5 Å². The quantitative estimate of drug-likeness (QED) is 0.806. The van der Waals surface area contributed by atoms with Gasteiger partial charge >= 0.3 is 0 Å². The summed E-state index contributed by atoms with van der Waals surface area (Å²) in [6.45, 7) is 8.24. The minimum atomic E-state index is -0.321. The number of nitrogens with zero attached hydrogens (tertiary/aromatic N) is 1. The zero-order chi connectivity index (χ0) is 18.2. The fourth-order valence-electron chi connectivity index (χ4n) is 2.61. The number of hydrogen-bond donors (Lipinski definition) is 1. The molecule has 0 aliphatic carbocycles. The molecule has 1 aliphatic rings. The molecular weight excluding hydrogens is 324 g/mol. The zero-order valence-electron chi connectivity index (χ0n) is 15.0. The predicted molar refractivity (Wildman–Crippen MR) is 93.1 cm³/mol. The Kier molecular flexibility index (Phi) is 7.06. The van der Waals surface area contributed by atoms with E-state index in [-0.39, 0.29) is 24.5 Å². The smallest absolute Gasteiger partial charge is 0.251 e. The molecule has 1 aromatic rings. The number of carbonyl (C=O) groups is 2. The topological polar surface area (TPSA) is 77.1 Å². The van der Waals surface area contributed by atoms with E-state index >= 15 is 0 Å². The van der Waals surface area contributed by atoms with Crippen LogP contribution >= 0.6 is 0 Å². The first-order valence-corrected chi connectivity index (χ1v) is 8.62. The van der Waals surface area contributed by atoms with Crippen molar-refractivity contribution in [3.8, 4) is 11.5 Å². The maximum absolute atomic E-state index is 12.3. The first-order valence-electron chi connectivity index (χ1n) is 8.62. The van der Waals surface area contributed by atoms with Crippen LogP contribution in [-0.4, -0.2) is 62.3 Å². The standard InChI is InChI=1S/C18H26N2O5/c1-4-23-15-7-6-14(10-16(15)24-5-2)18(22)19-11-17(21)20-8-9-25-13(3)12-20/h6-7,10,13H,4-5,8-9,11-12H2,1-3H3,(H,19,22). The van der Waals surface area contributed by atoms with Gasteiger partial charge in [0.25, 0.3) is 5.91 Å². The van der Waals surface area contributed by atoms with E-state index in [0.29, 0.717) is 50.0 Å². The molecule has 1 fully saturated rings. The normalized spacial score (nSPS) is 17.1. The molecule has 0 saturated carbocycles. The first kappa shape index (κ1) is 19.1. The van der Waals surface area contributed by atoms with Gasteiger partial charge in [-0.25, -0.2) is 0 Å². The second-order valence-electron chi connectivity index (χ2n) is 5.73. The number of amides is 2. The molecule has 0 radical (unpaired) electrons. The Morgan fingerprint density at radius 2 is 1.96 bits per heavy atom. The van der Waals surface area contributed by atoms with Crippen LogP contribution in [-0.2, 0) is 9.53 Å². The molecule has 1 saturated heterocycles. The van der Waals surface area contributed by atoms with Crippen LogP contribution in [0, 0.1) is 0 Å². The van der Waals surface area contributed by atoms with Crippen molar-refractivity contribution in [3.63, 3.8) is 0 Å². The highest BCUT2D eigenvalue weighted by Gasteiger charge is 2.21. The van der Waals surface area contributed by atoms with E-state index in [1.54, 1.807) is 23.1 Å². The summed E-state index contributed by atoms with van der Waals surface area (Å²) >= 11 is 0. The monoisotopic (exact) mass is 350 g/mol. The summed E-state index contributed by atoms with van der Waals surface area (Å²) in [7, 11) is 0. The molecule has 1 unspecified atom stereocenters. The SMILES string of the molecule is CCOc1ccc(C(=O)NCC(=O)N2CCOC(C)C2)cc1OCC. The van der Waals surface area contributed by atoms with Crippen LogP contribution in [0.1, 0.15) is 31.1 Å². The number of morpholine rings is 1. The highest BCUT2D eigenvalue weighted by molar-refractivity contribution is 5.97. The van der Waals surface area contributed by atoms with Gasteiger partial charge in [-0.3, -0.25) is 9.59 Å². The van der Waals surface area contributed by atoms with Gasteiger partial charge in [0.05, 0.1) is 32.5 Å². The Balaban J connectivity index is 1.95. The van der Waals surface area contributed by atoms with Gasteiger partial charge in [-0.1, -0.05) is 0 Å². The molecule has 1 heterocycles. The molecule has 2 rings (SSSR count). The van der Waals surface area contributed by atoms with Crippen molar-refractivity contribution in [3.05, 3.63) is 23.8 Å². The average Bonchev–Trinajstić information content (AvgIpc) is 2.61. The number of ether oxygens (including phenoxy) is 3. The summed E-state index contributed by atoms with van der Waals surface area (Å²) in [5.74, 6) is 0.683. The van der Waals surface area contributed by atoms with Crippen LogP contribution < -0.4 is 14.8 Å². The van der Waals surface area contributed by atoms with Crippen molar-refractivity contribution < 1.29 is 23.8 Å². The van der Waals surface area contributed by atoms with E-state index in [2.05, 4.69) is 5.32 Å². The average molecular weight is 350 g/mol. The van der Waals surface area contributed by atoms with Gasteiger partial charge in [0.15, 0.2) is 11.5 Å². The molecule has 1 aliphatic heterocycles. The van der Waals surface area contributed by atoms with Gasteiger partial charge in [-0.15, -0.1) is 0 Å². The first-order chi connectivity index (χ1) is 12.0. The molecule has 2 amide bonds. The second kappa shape index (κ2) is 9.27. The van der Waals surface area contributed by atoms with E-state index < -0.39 is 0 Å². The fraction of sp³-hybridized carbons (Fsp3) is 0.556. The van der Waals surface area contributed by atoms with Crippen molar-refractivity contribution in [2.45, 2.75) is 26.9 Å². The summed E-state index contributed by atoms with van der Waals surface area (Å²) in [6.07, 6.45) is 0.0215. The molecule has 25 heavy (non-hydrogen) atoms. The van der Waals surface area contributed by atoms with Gasteiger partial charge in [-0.05, 0) is 39.0 Å².